The maximum atomic E-state index is 4.87. The second-order valence-electron chi connectivity index (χ2n) is 7.03. The van der Waals surface area contributed by atoms with Gasteiger partial charge in [0.2, 0.25) is 0 Å². The molecule has 0 saturated heterocycles. The molecule has 6 nitrogen and oxygen atoms in total. The van der Waals surface area contributed by atoms with Crippen LogP contribution in [0.5, 0.6) is 0 Å². The largest absolute Gasteiger partial charge is 0.352 e. The molecule has 0 radical (unpaired) electrons. The SMILES string of the molecule is C1=CC(c2cncc3[nH]c(-c4n[nH]c5ccc(-c6ccncc6)nc45)cc23)=CC1. The normalized spacial score (nSPS) is 13.4. The van der Waals surface area contributed by atoms with E-state index in [4.69, 9.17) is 4.98 Å². The van der Waals surface area contributed by atoms with Crippen LogP contribution in [-0.4, -0.2) is 30.1 Å². The van der Waals surface area contributed by atoms with Gasteiger partial charge in [0.15, 0.2) is 0 Å². The Morgan fingerprint density at radius 1 is 0.931 bits per heavy atom. The lowest BCUT2D eigenvalue weighted by molar-refractivity contribution is 1.12. The highest BCUT2D eigenvalue weighted by Gasteiger charge is 2.16. The van der Waals surface area contributed by atoms with E-state index in [2.05, 4.69) is 49.4 Å². The Hall–Kier alpha value is -4.06. The monoisotopic (exact) mass is 376 g/mol. The summed E-state index contributed by atoms with van der Waals surface area (Å²) >= 11 is 0. The van der Waals surface area contributed by atoms with E-state index in [0.717, 1.165) is 56.6 Å². The molecule has 1 aliphatic rings. The predicted molar refractivity (Wildman–Crippen MR) is 114 cm³/mol. The van der Waals surface area contributed by atoms with E-state index in [-0.39, 0.29) is 0 Å². The fraction of sp³-hybridized carbons (Fsp3) is 0.0435. The third-order valence-electron chi connectivity index (χ3n) is 5.27. The molecule has 5 aromatic rings. The molecular weight excluding hydrogens is 360 g/mol. The summed E-state index contributed by atoms with van der Waals surface area (Å²) in [6.07, 6.45) is 14.8. The Kier molecular flexibility index (Phi) is 3.43. The molecule has 138 valence electrons. The van der Waals surface area contributed by atoms with Crippen molar-refractivity contribution in [2.45, 2.75) is 6.42 Å². The minimum absolute atomic E-state index is 0.800. The van der Waals surface area contributed by atoms with E-state index in [9.17, 15) is 0 Å². The molecule has 5 aromatic heterocycles. The molecule has 0 bridgehead atoms. The quantitative estimate of drug-likeness (QED) is 0.469. The number of allylic oxidation sites excluding steroid dienone is 4. The number of nitrogens with one attached hydrogen (secondary N) is 2. The van der Waals surface area contributed by atoms with Crippen LogP contribution in [0.4, 0.5) is 0 Å². The summed E-state index contributed by atoms with van der Waals surface area (Å²) in [6.45, 7) is 0. The van der Waals surface area contributed by atoms with E-state index in [1.165, 1.54) is 5.57 Å². The molecule has 0 aliphatic heterocycles. The van der Waals surface area contributed by atoms with Crippen molar-refractivity contribution in [3.05, 3.63) is 78.9 Å². The van der Waals surface area contributed by atoms with Crippen molar-refractivity contribution >= 4 is 27.5 Å². The Morgan fingerprint density at radius 3 is 2.72 bits per heavy atom. The third kappa shape index (κ3) is 2.57. The summed E-state index contributed by atoms with van der Waals surface area (Å²) in [6, 6.07) is 10.1. The number of pyridine rings is 3. The smallest absolute Gasteiger partial charge is 0.135 e. The molecule has 0 aromatic carbocycles. The van der Waals surface area contributed by atoms with Gasteiger partial charge in [-0.25, -0.2) is 4.98 Å². The van der Waals surface area contributed by atoms with Crippen LogP contribution in [0.25, 0.3) is 50.2 Å². The van der Waals surface area contributed by atoms with Gasteiger partial charge in [0.1, 0.15) is 11.2 Å². The summed E-state index contributed by atoms with van der Waals surface area (Å²) in [4.78, 5) is 16.8. The van der Waals surface area contributed by atoms with E-state index in [1.807, 2.05) is 36.7 Å². The summed E-state index contributed by atoms with van der Waals surface area (Å²) in [5.74, 6) is 0. The Labute approximate surface area is 166 Å². The lowest BCUT2D eigenvalue weighted by Gasteiger charge is -2.01. The summed E-state index contributed by atoms with van der Waals surface area (Å²) in [5, 5.41) is 8.77. The molecule has 6 rings (SSSR count). The minimum Gasteiger partial charge on any atom is -0.352 e. The van der Waals surface area contributed by atoms with Crippen LogP contribution in [0.15, 0.2) is 73.3 Å². The van der Waals surface area contributed by atoms with Crippen LogP contribution in [0.2, 0.25) is 0 Å². The van der Waals surface area contributed by atoms with Gasteiger partial charge in [-0.3, -0.25) is 15.1 Å². The molecule has 1 aliphatic carbocycles. The van der Waals surface area contributed by atoms with Crippen molar-refractivity contribution in [3.63, 3.8) is 0 Å². The van der Waals surface area contributed by atoms with Crippen molar-refractivity contribution in [3.8, 4) is 22.6 Å². The van der Waals surface area contributed by atoms with Crippen LogP contribution in [-0.2, 0) is 0 Å². The zero-order valence-corrected chi connectivity index (χ0v) is 15.4. The molecule has 29 heavy (non-hydrogen) atoms. The molecule has 0 amide bonds. The molecule has 5 heterocycles. The van der Waals surface area contributed by atoms with Gasteiger partial charge in [0.25, 0.3) is 0 Å². The standard InChI is InChI=1S/C23H16N6/c1-2-4-14(3-1)17-12-25-13-21-16(17)11-20(26-21)23-22-19(28-29-23)6-5-18(27-22)15-7-9-24-10-8-15/h1,3-13,26H,2H2,(H,28,29). The topological polar surface area (TPSA) is 83.1 Å². The molecule has 0 unspecified atom stereocenters. The predicted octanol–water partition coefficient (Wildman–Crippen LogP) is 4.91. The average molecular weight is 376 g/mol. The first-order chi connectivity index (χ1) is 14.4. The van der Waals surface area contributed by atoms with Gasteiger partial charge >= 0.3 is 0 Å². The second kappa shape index (κ2) is 6.24. The average Bonchev–Trinajstić information content (AvgIpc) is 3.52. The second-order valence-corrected chi connectivity index (χ2v) is 7.03. The molecule has 0 atom stereocenters. The fourth-order valence-electron chi connectivity index (χ4n) is 3.84. The van der Waals surface area contributed by atoms with Crippen LogP contribution in [0.1, 0.15) is 12.0 Å². The number of aromatic nitrogens is 6. The van der Waals surface area contributed by atoms with E-state index in [0.29, 0.717) is 0 Å². The first-order valence-electron chi connectivity index (χ1n) is 9.46. The van der Waals surface area contributed by atoms with Crippen LogP contribution < -0.4 is 0 Å². The summed E-state index contributed by atoms with van der Waals surface area (Å²) < 4.78 is 0. The van der Waals surface area contributed by atoms with E-state index in [1.54, 1.807) is 12.4 Å². The van der Waals surface area contributed by atoms with Gasteiger partial charge in [-0.1, -0.05) is 18.2 Å². The molecule has 6 heteroatoms. The number of H-pyrrole nitrogens is 2. The van der Waals surface area contributed by atoms with Gasteiger partial charge in [-0.15, -0.1) is 0 Å². The van der Waals surface area contributed by atoms with Crippen LogP contribution >= 0.6 is 0 Å². The van der Waals surface area contributed by atoms with Crippen LogP contribution in [0, 0.1) is 0 Å². The van der Waals surface area contributed by atoms with Gasteiger partial charge in [-0.05, 0) is 42.3 Å². The van der Waals surface area contributed by atoms with Gasteiger partial charge < -0.3 is 4.98 Å². The fourth-order valence-corrected chi connectivity index (χ4v) is 3.84. The van der Waals surface area contributed by atoms with Crippen molar-refractivity contribution in [1.82, 2.24) is 30.1 Å². The third-order valence-corrected chi connectivity index (χ3v) is 5.27. The number of fused-ring (bicyclic) bond motifs is 2. The number of rotatable bonds is 3. The first-order valence-corrected chi connectivity index (χ1v) is 9.46. The minimum atomic E-state index is 0.800. The lowest BCUT2D eigenvalue weighted by atomic mass is 10.1. The maximum Gasteiger partial charge on any atom is 0.135 e. The molecule has 0 fully saturated rings. The number of nitrogens with zero attached hydrogens (tertiary/aromatic N) is 4. The zero-order chi connectivity index (χ0) is 19.2. The van der Waals surface area contributed by atoms with Crippen molar-refractivity contribution < 1.29 is 0 Å². The van der Waals surface area contributed by atoms with E-state index >= 15 is 0 Å². The molecule has 0 spiro atoms. The Balaban J connectivity index is 1.52. The van der Waals surface area contributed by atoms with Crippen molar-refractivity contribution in [2.24, 2.45) is 0 Å². The van der Waals surface area contributed by atoms with Crippen molar-refractivity contribution in [1.29, 1.82) is 0 Å². The summed E-state index contributed by atoms with van der Waals surface area (Å²) in [5.41, 5.74) is 8.69. The van der Waals surface area contributed by atoms with E-state index < -0.39 is 0 Å². The van der Waals surface area contributed by atoms with Gasteiger partial charge in [0.05, 0.1) is 28.6 Å². The molecule has 2 N–H and O–H groups in total. The lowest BCUT2D eigenvalue weighted by Crippen LogP contribution is -1.86. The van der Waals surface area contributed by atoms with Gasteiger partial charge in [0, 0.05) is 35.1 Å². The highest BCUT2D eigenvalue weighted by molar-refractivity contribution is 5.99. The highest BCUT2D eigenvalue weighted by atomic mass is 15.1. The zero-order valence-electron chi connectivity index (χ0n) is 15.4. The van der Waals surface area contributed by atoms with Crippen LogP contribution in [0.3, 0.4) is 0 Å². The maximum absolute atomic E-state index is 4.87. The van der Waals surface area contributed by atoms with Gasteiger partial charge in [-0.2, -0.15) is 5.10 Å². The molecular formula is C23H16N6. The Bertz CT molecular complexity index is 1420. The van der Waals surface area contributed by atoms with Crippen molar-refractivity contribution in [2.75, 3.05) is 0 Å². The molecule has 0 saturated carbocycles. The highest BCUT2D eigenvalue weighted by Crippen LogP contribution is 2.33. The number of hydrogen-bond donors (Lipinski definition) is 2. The number of hydrogen-bond acceptors (Lipinski definition) is 4. The Morgan fingerprint density at radius 2 is 1.86 bits per heavy atom. The summed E-state index contributed by atoms with van der Waals surface area (Å²) in [7, 11) is 0. The number of aromatic amines is 2. The first kappa shape index (κ1) is 15.9.